The molecule has 0 aliphatic carbocycles. The van der Waals surface area contributed by atoms with Crippen molar-refractivity contribution in [3.8, 4) is 5.75 Å². The Morgan fingerprint density at radius 2 is 1.80 bits per heavy atom. The summed E-state index contributed by atoms with van der Waals surface area (Å²) in [6.45, 7) is 2.92. The minimum Gasteiger partial charge on any atom is -0.484 e. The van der Waals surface area contributed by atoms with Crippen molar-refractivity contribution < 1.29 is 9.53 Å². The lowest BCUT2D eigenvalue weighted by Gasteiger charge is -2.10. The summed E-state index contributed by atoms with van der Waals surface area (Å²) in [4.78, 5) is 11.9. The maximum atomic E-state index is 11.9. The van der Waals surface area contributed by atoms with Gasteiger partial charge < -0.3 is 15.4 Å². The Morgan fingerprint density at radius 1 is 1.04 bits per heavy atom. The largest absolute Gasteiger partial charge is 0.484 e. The van der Waals surface area contributed by atoms with E-state index in [0.29, 0.717) is 10.9 Å². The van der Waals surface area contributed by atoms with E-state index < -0.39 is 0 Å². The van der Waals surface area contributed by atoms with E-state index in [1.165, 1.54) is 25.7 Å². The van der Waals surface area contributed by atoms with Crippen LogP contribution in [0.1, 0.15) is 39.0 Å². The molecule has 5 heteroatoms. The van der Waals surface area contributed by atoms with Crippen LogP contribution in [-0.4, -0.2) is 24.2 Å². The smallest absolute Gasteiger partial charge is 0.264 e. The predicted molar refractivity (Wildman–Crippen MR) is 107 cm³/mol. The van der Waals surface area contributed by atoms with Gasteiger partial charge in [-0.1, -0.05) is 62.9 Å². The van der Waals surface area contributed by atoms with E-state index >= 15 is 0 Å². The fraction of sp³-hybridized carbons (Fsp3) is 0.400. The normalized spacial score (nSPS) is 10.4. The number of amides is 1. The quantitative estimate of drug-likeness (QED) is 0.521. The van der Waals surface area contributed by atoms with Gasteiger partial charge in [0.2, 0.25) is 0 Å². The zero-order valence-electron chi connectivity index (χ0n) is 14.7. The molecule has 0 aliphatic rings. The van der Waals surface area contributed by atoms with E-state index in [1.807, 2.05) is 42.5 Å². The molecular formula is C20H26N2O2S. The number of unbranched alkanes of at least 4 members (excludes halogenated alkanes) is 4. The molecule has 25 heavy (non-hydrogen) atoms. The van der Waals surface area contributed by atoms with Crippen molar-refractivity contribution >= 4 is 34.0 Å². The summed E-state index contributed by atoms with van der Waals surface area (Å²) >= 11 is 5.13. The Labute approximate surface area is 154 Å². The molecule has 0 unspecified atom stereocenters. The number of hydrogen-bond donors (Lipinski definition) is 2. The first kappa shape index (κ1) is 19.2. The van der Waals surface area contributed by atoms with Gasteiger partial charge in [-0.2, -0.15) is 0 Å². The number of ether oxygens (including phenoxy) is 1. The fourth-order valence-electron chi connectivity index (χ4n) is 2.54. The molecule has 134 valence electrons. The van der Waals surface area contributed by atoms with Crippen LogP contribution in [0.3, 0.4) is 0 Å². The van der Waals surface area contributed by atoms with Gasteiger partial charge in [-0.3, -0.25) is 4.79 Å². The Bertz CT molecular complexity index is 703. The molecule has 2 aromatic rings. The highest BCUT2D eigenvalue weighted by Gasteiger charge is 2.06. The molecule has 2 rings (SSSR count). The number of thiocarbonyl (C=S) groups is 1. The van der Waals surface area contributed by atoms with Crippen LogP contribution in [0, 0.1) is 0 Å². The molecule has 2 N–H and O–H groups in total. The van der Waals surface area contributed by atoms with Crippen molar-refractivity contribution in [3.05, 3.63) is 42.5 Å². The maximum Gasteiger partial charge on any atom is 0.264 e. The van der Waals surface area contributed by atoms with Crippen LogP contribution in [0.4, 0.5) is 0 Å². The predicted octanol–water partition coefficient (Wildman–Crippen LogP) is 4.18. The molecule has 0 bridgehead atoms. The minimum absolute atomic E-state index is 0.0589. The minimum atomic E-state index is -0.253. The van der Waals surface area contributed by atoms with Gasteiger partial charge in [0, 0.05) is 6.54 Å². The fourth-order valence-corrected chi connectivity index (χ4v) is 2.76. The van der Waals surface area contributed by atoms with Crippen LogP contribution in [0.2, 0.25) is 0 Å². The van der Waals surface area contributed by atoms with Crippen LogP contribution < -0.4 is 15.4 Å². The number of rotatable bonds is 9. The Morgan fingerprint density at radius 3 is 2.60 bits per heavy atom. The number of carbonyl (C=O) groups excluding carboxylic acids is 1. The second-order valence-electron chi connectivity index (χ2n) is 6.02. The van der Waals surface area contributed by atoms with Gasteiger partial charge in [0.05, 0.1) is 0 Å². The third-order valence-corrected chi connectivity index (χ3v) is 4.16. The first-order valence-corrected chi connectivity index (χ1v) is 9.29. The molecule has 0 radical (unpaired) electrons. The van der Waals surface area contributed by atoms with Crippen molar-refractivity contribution in [2.75, 3.05) is 13.2 Å². The summed E-state index contributed by atoms with van der Waals surface area (Å²) in [5.74, 6) is 0.417. The topological polar surface area (TPSA) is 50.4 Å². The molecule has 0 fully saturated rings. The zero-order valence-corrected chi connectivity index (χ0v) is 15.5. The van der Waals surface area contributed by atoms with Crippen molar-refractivity contribution in [1.82, 2.24) is 10.6 Å². The second kappa shape index (κ2) is 10.7. The van der Waals surface area contributed by atoms with E-state index in [0.717, 1.165) is 23.7 Å². The third-order valence-electron chi connectivity index (χ3n) is 3.91. The van der Waals surface area contributed by atoms with Gasteiger partial charge in [0.1, 0.15) is 5.75 Å². The first-order chi connectivity index (χ1) is 12.2. The number of hydrogen-bond acceptors (Lipinski definition) is 3. The summed E-state index contributed by atoms with van der Waals surface area (Å²) in [6, 6.07) is 13.8. The van der Waals surface area contributed by atoms with Gasteiger partial charge >= 0.3 is 0 Å². The molecule has 0 aromatic heterocycles. The first-order valence-electron chi connectivity index (χ1n) is 8.88. The van der Waals surface area contributed by atoms with E-state index in [1.54, 1.807) is 0 Å². The van der Waals surface area contributed by atoms with E-state index in [4.69, 9.17) is 17.0 Å². The molecule has 0 saturated heterocycles. The lowest BCUT2D eigenvalue weighted by atomic mass is 10.1. The summed E-state index contributed by atoms with van der Waals surface area (Å²) in [5, 5.41) is 8.29. The molecule has 1 amide bonds. The Balaban J connectivity index is 1.66. The molecule has 0 heterocycles. The van der Waals surface area contributed by atoms with Gasteiger partial charge in [-0.05, 0) is 41.5 Å². The van der Waals surface area contributed by atoms with Crippen LogP contribution in [-0.2, 0) is 4.79 Å². The average molecular weight is 359 g/mol. The van der Waals surface area contributed by atoms with Gasteiger partial charge in [-0.25, -0.2) is 0 Å². The summed E-state index contributed by atoms with van der Waals surface area (Å²) in [7, 11) is 0. The summed E-state index contributed by atoms with van der Waals surface area (Å²) in [6.07, 6.45) is 6.00. The number of carbonyl (C=O) groups is 1. The average Bonchev–Trinajstić information content (AvgIpc) is 2.62. The van der Waals surface area contributed by atoms with Crippen molar-refractivity contribution in [1.29, 1.82) is 0 Å². The molecule has 2 aromatic carbocycles. The molecule has 4 nitrogen and oxygen atoms in total. The van der Waals surface area contributed by atoms with Crippen LogP contribution >= 0.6 is 12.2 Å². The Kier molecular flexibility index (Phi) is 8.19. The van der Waals surface area contributed by atoms with Crippen molar-refractivity contribution in [2.24, 2.45) is 0 Å². The zero-order chi connectivity index (χ0) is 17.9. The maximum absolute atomic E-state index is 11.9. The van der Waals surface area contributed by atoms with Gasteiger partial charge in [0.15, 0.2) is 11.7 Å². The third kappa shape index (κ3) is 7.10. The van der Waals surface area contributed by atoms with E-state index in [2.05, 4.69) is 17.6 Å². The standard InChI is InChI=1S/C20H26N2O2S/c1-2-3-4-5-8-13-21-20(25)22-19(23)15-24-18-12-11-16-9-6-7-10-17(16)14-18/h6-7,9-12,14H,2-5,8,13,15H2,1H3,(H2,21,22,23,25). The van der Waals surface area contributed by atoms with Crippen LogP contribution in [0.5, 0.6) is 5.75 Å². The van der Waals surface area contributed by atoms with Gasteiger partial charge in [-0.15, -0.1) is 0 Å². The molecular weight excluding hydrogens is 332 g/mol. The molecule has 0 saturated carbocycles. The van der Waals surface area contributed by atoms with Crippen molar-refractivity contribution in [3.63, 3.8) is 0 Å². The van der Waals surface area contributed by atoms with E-state index in [9.17, 15) is 4.79 Å². The van der Waals surface area contributed by atoms with Crippen LogP contribution in [0.15, 0.2) is 42.5 Å². The summed E-state index contributed by atoms with van der Waals surface area (Å²) in [5.41, 5.74) is 0. The van der Waals surface area contributed by atoms with E-state index in [-0.39, 0.29) is 12.5 Å². The Hall–Kier alpha value is -2.14. The highest BCUT2D eigenvalue weighted by Crippen LogP contribution is 2.20. The SMILES string of the molecule is CCCCCCCNC(=S)NC(=O)COc1ccc2ccccc2c1. The molecule has 0 aliphatic heterocycles. The van der Waals surface area contributed by atoms with Crippen molar-refractivity contribution in [2.45, 2.75) is 39.0 Å². The number of benzene rings is 2. The summed E-state index contributed by atoms with van der Waals surface area (Å²) < 4.78 is 5.55. The number of nitrogens with one attached hydrogen (secondary N) is 2. The number of fused-ring (bicyclic) bond motifs is 1. The lowest BCUT2D eigenvalue weighted by Crippen LogP contribution is -2.41. The van der Waals surface area contributed by atoms with Gasteiger partial charge in [0.25, 0.3) is 5.91 Å². The lowest BCUT2D eigenvalue weighted by molar-refractivity contribution is -0.121. The van der Waals surface area contributed by atoms with Crippen LogP contribution in [0.25, 0.3) is 10.8 Å². The second-order valence-corrected chi connectivity index (χ2v) is 6.42. The highest BCUT2D eigenvalue weighted by molar-refractivity contribution is 7.80. The highest BCUT2D eigenvalue weighted by atomic mass is 32.1. The molecule has 0 spiro atoms. The monoisotopic (exact) mass is 358 g/mol. The molecule has 0 atom stereocenters.